The van der Waals surface area contributed by atoms with Crippen molar-refractivity contribution in [2.45, 2.75) is 38.6 Å². The topological polar surface area (TPSA) is 60.3 Å². The molecule has 1 aliphatic carbocycles. The first-order valence-corrected chi connectivity index (χ1v) is 9.24. The van der Waals surface area contributed by atoms with Gasteiger partial charge in [0, 0.05) is 18.5 Å². The Morgan fingerprint density at radius 1 is 1.31 bits per heavy atom. The number of methoxy groups -OCH3 is 1. The van der Waals surface area contributed by atoms with Crippen LogP contribution >= 0.6 is 0 Å². The molecular weight excluding hydrogens is 328 g/mol. The molecule has 0 saturated heterocycles. The molecule has 0 aliphatic heterocycles. The molecule has 0 radical (unpaired) electrons. The molecule has 138 valence electrons. The third kappa shape index (κ3) is 3.82. The highest BCUT2D eigenvalue weighted by Crippen LogP contribution is 2.23. The Morgan fingerprint density at radius 2 is 2.08 bits per heavy atom. The van der Waals surface area contributed by atoms with Gasteiger partial charge < -0.3 is 10.1 Å². The van der Waals surface area contributed by atoms with Gasteiger partial charge in [0.05, 0.1) is 7.11 Å². The van der Waals surface area contributed by atoms with Gasteiger partial charge in [0.2, 0.25) is 0 Å². The number of benzene rings is 1. The summed E-state index contributed by atoms with van der Waals surface area (Å²) in [5, 5.41) is 4.30. The minimum absolute atomic E-state index is 0.187. The Morgan fingerprint density at radius 3 is 2.77 bits per heavy atom. The summed E-state index contributed by atoms with van der Waals surface area (Å²) in [5.74, 6) is 0.985. The lowest BCUT2D eigenvalue weighted by Crippen LogP contribution is -2.35. The second-order valence-corrected chi connectivity index (χ2v) is 6.90. The first kappa shape index (κ1) is 18.2. The van der Waals surface area contributed by atoms with Crippen LogP contribution in [0.25, 0.3) is 10.8 Å². The van der Waals surface area contributed by atoms with E-state index < -0.39 is 0 Å². The lowest BCUT2D eigenvalue weighted by Gasteiger charge is -2.22. The Bertz CT molecular complexity index is 863. The van der Waals surface area contributed by atoms with Crippen LogP contribution in [0.5, 0.6) is 5.75 Å². The lowest BCUT2D eigenvalue weighted by molar-refractivity contribution is 0.0933. The Hall–Kier alpha value is -2.56. The van der Waals surface area contributed by atoms with Gasteiger partial charge in [-0.05, 0) is 48.4 Å². The maximum atomic E-state index is 12.8. The van der Waals surface area contributed by atoms with E-state index in [2.05, 4.69) is 11.9 Å². The summed E-state index contributed by atoms with van der Waals surface area (Å²) in [6.45, 7) is 4.68. The molecule has 0 unspecified atom stereocenters. The van der Waals surface area contributed by atoms with Crippen LogP contribution in [0.2, 0.25) is 0 Å². The van der Waals surface area contributed by atoms with E-state index in [-0.39, 0.29) is 11.5 Å². The van der Waals surface area contributed by atoms with Crippen molar-refractivity contribution >= 4 is 16.7 Å². The lowest BCUT2D eigenvalue weighted by atomic mass is 9.89. The predicted octanol–water partition coefficient (Wildman–Crippen LogP) is 3.51. The number of hydrogen-bond donors (Lipinski definition) is 1. The van der Waals surface area contributed by atoms with Crippen molar-refractivity contribution < 1.29 is 9.53 Å². The van der Waals surface area contributed by atoms with Crippen LogP contribution < -0.4 is 15.6 Å². The monoisotopic (exact) mass is 354 g/mol. The first-order chi connectivity index (χ1) is 12.6. The maximum Gasteiger partial charge on any atom is 0.268 e. The quantitative estimate of drug-likeness (QED) is 0.808. The molecule has 1 aromatic carbocycles. The number of hydrogen-bond acceptors (Lipinski definition) is 3. The van der Waals surface area contributed by atoms with Gasteiger partial charge in [-0.1, -0.05) is 25.3 Å². The fourth-order valence-electron chi connectivity index (χ4n) is 3.68. The summed E-state index contributed by atoms with van der Waals surface area (Å²) in [6, 6.07) is 7.04. The van der Waals surface area contributed by atoms with Gasteiger partial charge in [-0.15, -0.1) is 6.58 Å². The third-order valence-electron chi connectivity index (χ3n) is 5.14. The molecule has 0 spiro atoms. The molecule has 2 aromatic rings. The highest BCUT2D eigenvalue weighted by molar-refractivity contribution is 5.97. The van der Waals surface area contributed by atoms with Crippen molar-refractivity contribution in [2.75, 3.05) is 13.7 Å². The Balaban J connectivity index is 1.93. The minimum atomic E-state index is -0.209. The summed E-state index contributed by atoms with van der Waals surface area (Å²) in [6.07, 6.45) is 7.71. The van der Waals surface area contributed by atoms with Crippen molar-refractivity contribution in [3.05, 3.63) is 53.0 Å². The number of nitrogens with one attached hydrogen (secondary N) is 1. The van der Waals surface area contributed by atoms with Crippen molar-refractivity contribution in [1.82, 2.24) is 9.88 Å². The van der Waals surface area contributed by atoms with E-state index in [0.717, 1.165) is 12.8 Å². The number of ether oxygens (including phenoxy) is 1. The van der Waals surface area contributed by atoms with Crippen LogP contribution in [0.3, 0.4) is 0 Å². The molecular formula is C21H26N2O3. The summed E-state index contributed by atoms with van der Waals surface area (Å²) >= 11 is 0. The molecule has 5 nitrogen and oxygen atoms in total. The molecule has 1 amide bonds. The van der Waals surface area contributed by atoms with E-state index in [1.807, 2.05) is 0 Å². The van der Waals surface area contributed by atoms with Crippen LogP contribution in [0.4, 0.5) is 0 Å². The van der Waals surface area contributed by atoms with Gasteiger partial charge in [0.1, 0.15) is 11.4 Å². The van der Waals surface area contributed by atoms with Crippen LogP contribution in [0.1, 0.15) is 42.6 Å². The average molecular weight is 354 g/mol. The largest absolute Gasteiger partial charge is 0.497 e. The molecule has 3 rings (SSSR count). The molecule has 5 heteroatoms. The molecule has 1 heterocycles. The third-order valence-corrected chi connectivity index (χ3v) is 5.14. The van der Waals surface area contributed by atoms with Crippen molar-refractivity contribution in [3.8, 4) is 5.75 Å². The molecule has 1 aliphatic rings. The SMILES string of the molecule is C=CCn1c(C(=O)NCC2CCCCC2)cc2cc(OC)ccc2c1=O. The van der Waals surface area contributed by atoms with E-state index in [1.165, 1.54) is 23.8 Å². The van der Waals surface area contributed by atoms with Crippen molar-refractivity contribution in [2.24, 2.45) is 5.92 Å². The normalized spacial score (nSPS) is 15.0. The number of carbonyl (C=O) groups excluding carboxylic acids is 1. The minimum Gasteiger partial charge on any atom is -0.497 e. The Labute approximate surface area is 153 Å². The standard InChI is InChI=1S/C21H26N2O3/c1-3-11-23-19(20(24)22-14-15-7-5-4-6-8-15)13-16-12-17(26-2)9-10-18(16)21(23)25/h3,9-10,12-13,15H,1,4-8,11,14H2,2H3,(H,22,24). The zero-order chi connectivity index (χ0) is 18.5. The number of aromatic nitrogens is 1. The fraction of sp³-hybridized carbons (Fsp3) is 0.429. The summed E-state index contributed by atoms with van der Waals surface area (Å²) in [5.41, 5.74) is 0.180. The highest BCUT2D eigenvalue weighted by Gasteiger charge is 2.18. The number of carbonyl (C=O) groups is 1. The van der Waals surface area contributed by atoms with Crippen molar-refractivity contribution in [1.29, 1.82) is 0 Å². The van der Waals surface area contributed by atoms with E-state index >= 15 is 0 Å². The van der Waals surface area contributed by atoms with Crippen LogP contribution in [-0.4, -0.2) is 24.1 Å². The predicted molar refractivity (Wildman–Crippen MR) is 104 cm³/mol. The zero-order valence-corrected chi connectivity index (χ0v) is 15.3. The number of rotatable bonds is 6. The smallest absolute Gasteiger partial charge is 0.268 e. The van der Waals surface area contributed by atoms with Gasteiger partial charge in [-0.25, -0.2) is 0 Å². The van der Waals surface area contributed by atoms with E-state index in [4.69, 9.17) is 4.74 Å². The number of fused-ring (bicyclic) bond motifs is 1. The second-order valence-electron chi connectivity index (χ2n) is 6.90. The van der Waals surface area contributed by atoms with Gasteiger partial charge >= 0.3 is 0 Å². The molecule has 1 saturated carbocycles. The Kier molecular flexibility index (Phi) is 5.76. The zero-order valence-electron chi connectivity index (χ0n) is 15.3. The average Bonchev–Trinajstić information content (AvgIpc) is 2.68. The number of pyridine rings is 1. The van der Waals surface area contributed by atoms with Gasteiger partial charge in [0.25, 0.3) is 11.5 Å². The highest BCUT2D eigenvalue weighted by atomic mass is 16.5. The first-order valence-electron chi connectivity index (χ1n) is 9.24. The van der Waals surface area contributed by atoms with Gasteiger partial charge in [-0.3, -0.25) is 14.2 Å². The number of amides is 1. The number of nitrogens with zero attached hydrogens (tertiary/aromatic N) is 1. The van der Waals surface area contributed by atoms with Gasteiger partial charge in [0.15, 0.2) is 0 Å². The van der Waals surface area contributed by atoms with Crippen LogP contribution in [0, 0.1) is 5.92 Å². The molecule has 26 heavy (non-hydrogen) atoms. The summed E-state index contributed by atoms with van der Waals surface area (Å²) in [7, 11) is 1.58. The molecule has 1 aromatic heterocycles. The molecule has 0 atom stereocenters. The van der Waals surface area contributed by atoms with E-state index in [9.17, 15) is 9.59 Å². The maximum absolute atomic E-state index is 12.8. The number of allylic oxidation sites excluding steroid dienone is 1. The fourth-order valence-corrected chi connectivity index (χ4v) is 3.68. The van der Waals surface area contributed by atoms with Crippen LogP contribution in [-0.2, 0) is 6.54 Å². The van der Waals surface area contributed by atoms with Gasteiger partial charge in [-0.2, -0.15) is 0 Å². The molecule has 1 fully saturated rings. The molecule has 0 bridgehead atoms. The van der Waals surface area contributed by atoms with Crippen molar-refractivity contribution in [3.63, 3.8) is 0 Å². The van der Waals surface area contributed by atoms with E-state index in [0.29, 0.717) is 41.2 Å². The van der Waals surface area contributed by atoms with Crippen LogP contribution in [0.15, 0.2) is 41.7 Å². The summed E-state index contributed by atoms with van der Waals surface area (Å²) in [4.78, 5) is 25.6. The van der Waals surface area contributed by atoms with E-state index in [1.54, 1.807) is 37.5 Å². The second kappa shape index (κ2) is 8.21. The summed E-state index contributed by atoms with van der Waals surface area (Å²) < 4.78 is 6.73. The molecule has 1 N–H and O–H groups in total.